The minimum atomic E-state index is -1.76. The van der Waals surface area contributed by atoms with Crippen molar-refractivity contribution in [1.29, 1.82) is 0 Å². The summed E-state index contributed by atoms with van der Waals surface area (Å²) in [5.74, 6) is -0.158. The van der Waals surface area contributed by atoms with Crippen LogP contribution in [0.25, 0.3) is 0 Å². The Balaban J connectivity index is 1.81. The smallest absolute Gasteiger partial charge is 0.230 e. The molecule has 0 aromatic carbocycles. The number of ketones is 1. The topological polar surface area (TPSA) is 94.8 Å². The molecule has 26 heavy (non-hydrogen) atoms. The van der Waals surface area contributed by atoms with Gasteiger partial charge < -0.3 is 15.3 Å². The maximum atomic E-state index is 13.0. The first kappa shape index (κ1) is 17.8. The minimum absolute atomic E-state index is 0.111. The highest BCUT2D eigenvalue weighted by Gasteiger charge is 2.71. The summed E-state index contributed by atoms with van der Waals surface area (Å²) in [5, 5.41) is 32.1. The van der Waals surface area contributed by atoms with E-state index in [2.05, 4.69) is 6.92 Å². The van der Waals surface area contributed by atoms with Crippen LogP contribution in [0.1, 0.15) is 65.2 Å². The van der Waals surface area contributed by atoms with Gasteiger partial charge in [0, 0.05) is 5.41 Å². The molecule has 0 spiro atoms. The summed E-state index contributed by atoms with van der Waals surface area (Å²) in [6.07, 6.45) is 7.78. The molecule has 0 aromatic heterocycles. The summed E-state index contributed by atoms with van der Waals surface area (Å²) >= 11 is 0. The molecule has 5 heteroatoms. The van der Waals surface area contributed by atoms with Crippen LogP contribution in [0.4, 0.5) is 0 Å². The first-order chi connectivity index (χ1) is 12.2. The Morgan fingerprint density at radius 2 is 1.81 bits per heavy atom. The van der Waals surface area contributed by atoms with E-state index in [4.69, 9.17) is 0 Å². The zero-order chi connectivity index (χ0) is 18.9. The molecule has 0 amide bonds. The third-order valence-electron chi connectivity index (χ3n) is 8.63. The van der Waals surface area contributed by atoms with Gasteiger partial charge in [-0.1, -0.05) is 26.7 Å². The van der Waals surface area contributed by atoms with Crippen LogP contribution < -0.4 is 0 Å². The van der Waals surface area contributed by atoms with E-state index in [0.29, 0.717) is 12.3 Å². The first-order valence-electron chi connectivity index (χ1n) is 9.87. The molecule has 3 N–H and O–H groups in total. The second kappa shape index (κ2) is 5.46. The van der Waals surface area contributed by atoms with Crippen molar-refractivity contribution in [3.63, 3.8) is 0 Å². The van der Waals surface area contributed by atoms with Crippen molar-refractivity contribution in [2.45, 2.75) is 70.8 Å². The fraction of sp³-hybridized carbons (Fsp3) is 0.762. The predicted molar refractivity (Wildman–Crippen MR) is 95.1 cm³/mol. The van der Waals surface area contributed by atoms with Crippen LogP contribution in [0.5, 0.6) is 0 Å². The third kappa shape index (κ3) is 1.86. The van der Waals surface area contributed by atoms with E-state index < -0.39 is 28.3 Å². The van der Waals surface area contributed by atoms with Gasteiger partial charge in [-0.2, -0.15) is 0 Å². The Morgan fingerprint density at radius 3 is 2.50 bits per heavy atom. The normalized spacial score (nSPS) is 47.7. The van der Waals surface area contributed by atoms with Gasteiger partial charge in [0.2, 0.25) is 11.5 Å². The van der Waals surface area contributed by atoms with Gasteiger partial charge in [-0.25, -0.2) is 4.79 Å². The van der Waals surface area contributed by atoms with Crippen molar-refractivity contribution in [1.82, 2.24) is 0 Å². The van der Waals surface area contributed by atoms with E-state index >= 15 is 0 Å². The standard InChI is InChI=1S/C21H28O5/c1-19-9-4-3-5-12(19)6-7-14-13(19)8-10-20(2)16(15(23)11-22)17(24)18(25)21(14,20)26/h12-14,23-24,26H,3-10H2,1-2H3/t12?,13-,14+,19-,20+,21-/m0/s1. The largest absolute Gasteiger partial charge is 0.504 e. The first-order valence-corrected chi connectivity index (χ1v) is 9.87. The number of Topliss-reactive ketones (excluding diaryl/α,β-unsaturated/α-hetero) is 1. The fourth-order valence-electron chi connectivity index (χ4n) is 7.22. The van der Waals surface area contributed by atoms with Crippen molar-refractivity contribution in [2.24, 2.45) is 28.6 Å². The number of aliphatic hydroxyl groups excluding tert-OH is 2. The van der Waals surface area contributed by atoms with Crippen molar-refractivity contribution in [3.8, 4) is 0 Å². The second-order valence-electron chi connectivity index (χ2n) is 9.38. The number of hydrogen-bond donors (Lipinski definition) is 3. The summed E-state index contributed by atoms with van der Waals surface area (Å²) in [6, 6.07) is 0. The number of rotatable bonds is 1. The highest BCUT2D eigenvalue weighted by molar-refractivity contribution is 6.06. The molecule has 0 bridgehead atoms. The fourth-order valence-corrected chi connectivity index (χ4v) is 7.22. The lowest BCUT2D eigenvalue weighted by atomic mass is 9.43. The van der Waals surface area contributed by atoms with Gasteiger partial charge in [0.25, 0.3) is 0 Å². The van der Waals surface area contributed by atoms with Crippen molar-refractivity contribution >= 4 is 11.7 Å². The molecule has 0 heterocycles. The molecule has 5 nitrogen and oxygen atoms in total. The van der Waals surface area contributed by atoms with E-state index in [-0.39, 0.29) is 22.8 Å². The lowest BCUT2D eigenvalue weighted by molar-refractivity contribution is -0.195. The van der Waals surface area contributed by atoms with Gasteiger partial charge in [-0.15, -0.1) is 0 Å². The molecule has 0 radical (unpaired) electrons. The zero-order valence-electron chi connectivity index (χ0n) is 15.5. The minimum Gasteiger partial charge on any atom is -0.504 e. The maximum absolute atomic E-state index is 13.0. The van der Waals surface area contributed by atoms with Gasteiger partial charge in [0.05, 0.1) is 5.57 Å². The molecular weight excluding hydrogens is 332 g/mol. The average molecular weight is 360 g/mol. The highest BCUT2D eigenvalue weighted by atomic mass is 16.3. The van der Waals surface area contributed by atoms with Crippen LogP contribution in [0.15, 0.2) is 17.1 Å². The molecule has 0 saturated heterocycles. The van der Waals surface area contributed by atoms with E-state index in [1.807, 2.05) is 0 Å². The Hall–Kier alpha value is -1.58. The predicted octanol–water partition coefficient (Wildman–Crippen LogP) is 3.41. The van der Waals surface area contributed by atoms with Crippen LogP contribution in [-0.2, 0) is 9.59 Å². The van der Waals surface area contributed by atoms with E-state index in [1.54, 1.807) is 6.92 Å². The van der Waals surface area contributed by atoms with Gasteiger partial charge in [-0.3, -0.25) is 4.79 Å². The van der Waals surface area contributed by atoms with E-state index in [9.17, 15) is 24.9 Å². The zero-order valence-corrected chi connectivity index (χ0v) is 15.5. The van der Waals surface area contributed by atoms with Crippen molar-refractivity contribution in [3.05, 3.63) is 17.1 Å². The molecular formula is C21H28O5. The number of hydrogen-bond acceptors (Lipinski definition) is 5. The monoisotopic (exact) mass is 360 g/mol. The second-order valence-corrected chi connectivity index (χ2v) is 9.38. The number of carbonyl (C=O) groups excluding carboxylic acids is 2. The van der Waals surface area contributed by atoms with Crippen LogP contribution >= 0.6 is 0 Å². The summed E-state index contributed by atoms with van der Waals surface area (Å²) in [4.78, 5) is 24.0. The van der Waals surface area contributed by atoms with Gasteiger partial charge >= 0.3 is 0 Å². The van der Waals surface area contributed by atoms with Gasteiger partial charge in [0.15, 0.2) is 11.7 Å². The molecule has 142 valence electrons. The lowest BCUT2D eigenvalue weighted by Crippen LogP contribution is -2.64. The van der Waals surface area contributed by atoms with E-state index in [0.717, 1.165) is 25.7 Å². The Morgan fingerprint density at radius 1 is 1.08 bits per heavy atom. The summed E-state index contributed by atoms with van der Waals surface area (Å²) < 4.78 is 0. The summed E-state index contributed by atoms with van der Waals surface area (Å²) in [6.45, 7) is 4.01. The van der Waals surface area contributed by atoms with Crippen molar-refractivity contribution < 1.29 is 24.9 Å². The summed E-state index contributed by atoms with van der Waals surface area (Å²) in [7, 11) is 0. The highest BCUT2D eigenvalue weighted by Crippen LogP contribution is 2.68. The number of fused-ring (bicyclic) bond motifs is 5. The SMILES string of the molecule is C[C@]12CCCCC1CC[C@@H]1[C@@H]2CC[C@]2(C)C(C(O)=C=O)=C(O)C(=O)[C@@]12O. The molecule has 4 rings (SSSR count). The Bertz CT molecular complexity index is 748. The van der Waals surface area contributed by atoms with Crippen molar-refractivity contribution in [2.75, 3.05) is 0 Å². The average Bonchev–Trinajstić information content (AvgIpc) is 2.78. The molecule has 3 fully saturated rings. The van der Waals surface area contributed by atoms with Gasteiger partial charge in [-0.05, 0) is 61.7 Å². The van der Waals surface area contributed by atoms with Crippen LogP contribution in [0.2, 0.25) is 0 Å². The molecule has 0 aliphatic heterocycles. The number of aliphatic hydroxyl groups is 3. The molecule has 0 aromatic rings. The Kier molecular flexibility index (Phi) is 3.74. The molecule has 4 aliphatic rings. The number of carbonyl (C=O) groups is 1. The molecule has 1 unspecified atom stereocenters. The Labute approximate surface area is 153 Å². The lowest BCUT2D eigenvalue weighted by Gasteiger charge is -2.62. The molecule has 3 saturated carbocycles. The quantitative estimate of drug-likeness (QED) is 0.492. The van der Waals surface area contributed by atoms with E-state index in [1.165, 1.54) is 25.2 Å². The molecule has 6 atom stereocenters. The maximum Gasteiger partial charge on any atom is 0.230 e. The van der Waals surface area contributed by atoms with Crippen LogP contribution in [0, 0.1) is 28.6 Å². The van der Waals surface area contributed by atoms with Gasteiger partial charge in [0.1, 0.15) is 5.60 Å². The number of allylic oxidation sites excluding steroid dienone is 1. The third-order valence-corrected chi connectivity index (χ3v) is 8.63. The molecule has 4 aliphatic carbocycles. The summed E-state index contributed by atoms with van der Waals surface area (Å²) in [5.41, 5.74) is -2.91. The van der Waals surface area contributed by atoms with Crippen LogP contribution in [-0.4, -0.2) is 32.6 Å². The van der Waals surface area contributed by atoms with Crippen LogP contribution in [0.3, 0.4) is 0 Å².